The maximum Gasteiger partial charge on any atom is 0.185 e. The molecular formula is C15H18N2O. The third-order valence-corrected chi connectivity index (χ3v) is 2.94. The van der Waals surface area contributed by atoms with Gasteiger partial charge in [-0.1, -0.05) is 44.2 Å². The molecule has 0 radical (unpaired) electrons. The lowest BCUT2D eigenvalue weighted by Crippen LogP contribution is -2.20. The summed E-state index contributed by atoms with van der Waals surface area (Å²) in [5.41, 5.74) is 0.761. The Labute approximate surface area is 107 Å². The standard InChI is InChI=1S/C15H18N2O/c1-12(2)10-14(17-9-8-16-11-17)15(18)13-6-4-3-5-7-13/h3-9,11-12,14H,10H2,1-2H3. The molecular weight excluding hydrogens is 224 g/mol. The summed E-state index contributed by atoms with van der Waals surface area (Å²) in [6, 6.07) is 9.29. The monoisotopic (exact) mass is 242 g/mol. The van der Waals surface area contributed by atoms with E-state index in [0.717, 1.165) is 12.0 Å². The Morgan fingerprint density at radius 3 is 2.56 bits per heavy atom. The van der Waals surface area contributed by atoms with Crippen LogP contribution in [-0.2, 0) is 0 Å². The van der Waals surface area contributed by atoms with E-state index >= 15 is 0 Å². The lowest BCUT2D eigenvalue weighted by Gasteiger charge is -2.19. The molecule has 94 valence electrons. The second-order valence-corrected chi connectivity index (χ2v) is 4.89. The van der Waals surface area contributed by atoms with Gasteiger partial charge < -0.3 is 4.57 Å². The number of aromatic nitrogens is 2. The number of hydrogen-bond donors (Lipinski definition) is 0. The molecule has 1 heterocycles. The third kappa shape index (κ3) is 2.86. The molecule has 2 aromatic rings. The van der Waals surface area contributed by atoms with Crippen LogP contribution in [-0.4, -0.2) is 15.3 Å². The number of benzene rings is 1. The fraction of sp³-hybridized carbons (Fsp3) is 0.333. The largest absolute Gasteiger partial charge is 0.327 e. The summed E-state index contributed by atoms with van der Waals surface area (Å²) in [4.78, 5) is 16.6. The minimum absolute atomic E-state index is 0.155. The van der Waals surface area contributed by atoms with Gasteiger partial charge in [0.15, 0.2) is 5.78 Å². The maximum absolute atomic E-state index is 12.5. The highest BCUT2D eigenvalue weighted by molar-refractivity contribution is 5.98. The average molecular weight is 242 g/mol. The zero-order valence-electron chi connectivity index (χ0n) is 10.8. The Morgan fingerprint density at radius 2 is 2.00 bits per heavy atom. The van der Waals surface area contributed by atoms with Crippen LogP contribution in [0, 0.1) is 5.92 Å². The number of carbonyl (C=O) groups excluding carboxylic acids is 1. The molecule has 0 saturated heterocycles. The van der Waals surface area contributed by atoms with E-state index in [1.807, 2.05) is 41.1 Å². The van der Waals surface area contributed by atoms with Crippen molar-refractivity contribution >= 4 is 5.78 Å². The van der Waals surface area contributed by atoms with Crippen molar-refractivity contribution in [1.82, 2.24) is 9.55 Å². The van der Waals surface area contributed by atoms with Crippen LogP contribution in [0.4, 0.5) is 0 Å². The Balaban J connectivity index is 2.27. The molecule has 0 bridgehead atoms. The van der Waals surface area contributed by atoms with Gasteiger partial charge in [0.2, 0.25) is 0 Å². The van der Waals surface area contributed by atoms with Gasteiger partial charge in [-0.25, -0.2) is 4.98 Å². The summed E-state index contributed by atoms with van der Waals surface area (Å²) in [6.45, 7) is 4.25. The molecule has 0 saturated carbocycles. The van der Waals surface area contributed by atoms with Crippen LogP contribution in [0.1, 0.15) is 36.7 Å². The number of Topliss-reactive ketones (excluding diaryl/α,β-unsaturated/α-hetero) is 1. The summed E-state index contributed by atoms with van der Waals surface area (Å²) in [7, 11) is 0. The first-order valence-corrected chi connectivity index (χ1v) is 6.25. The smallest absolute Gasteiger partial charge is 0.185 e. The van der Waals surface area contributed by atoms with Crippen molar-refractivity contribution in [3.05, 3.63) is 54.6 Å². The number of imidazole rings is 1. The third-order valence-electron chi connectivity index (χ3n) is 2.94. The highest BCUT2D eigenvalue weighted by Crippen LogP contribution is 2.22. The van der Waals surface area contributed by atoms with E-state index in [9.17, 15) is 4.79 Å². The van der Waals surface area contributed by atoms with Crippen molar-refractivity contribution in [2.45, 2.75) is 26.3 Å². The summed E-state index contributed by atoms with van der Waals surface area (Å²) < 4.78 is 1.90. The Morgan fingerprint density at radius 1 is 1.28 bits per heavy atom. The number of rotatable bonds is 5. The molecule has 0 aliphatic heterocycles. The first-order chi connectivity index (χ1) is 8.68. The molecule has 1 atom stereocenters. The van der Waals surface area contributed by atoms with Crippen LogP contribution in [0.5, 0.6) is 0 Å². The van der Waals surface area contributed by atoms with Gasteiger partial charge in [-0.2, -0.15) is 0 Å². The van der Waals surface area contributed by atoms with Crippen LogP contribution in [0.2, 0.25) is 0 Å². The summed E-state index contributed by atoms with van der Waals surface area (Å²) in [5.74, 6) is 0.618. The van der Waals surface area contributed by atoms with E-state index in [4.69, 9.17) is 0 Å². The number of nitrogens with zero attached hydrogens (tertiary/aromatic N) is 2. The fourth-order valence-corrected chi connectivity index (χ4v) is 2.06. The maximum atomic E-state index is 12.5. The minimum atomic E-state index is -0.158. The molecule has 1 aromatic carbocycles. The number of ketones is 1. The average Bonchev–Trinajstić information content (AvgIpc) is 2.89. The second-order valence-electron chi connectivity index (χ2n) is 4.89. The van der Waals surface area contributed by atoms with E-state index in [0.29, 0.717) is 5.92 Å². The molecule has 0 fully saturated rings. The van der Waals surface area contributed by atoms with Crippen LogP contribution in [0.15, 0.2) is 49.1 Å². The molecule has 0 N–H and O–H groups in total. The first kappa shape index (κ1) is 12.6. The van der Waals surface area contributed by atoms with Gasteiger partial charge in [-0.3, -0.25) is 4.79 Å². The number of hydrogen-bond acceptors (Lipinski definition) is 2. The Bertz CT molecular complexity index is 488. The van der Waals surface area contributed by atoms with Crippen LogP contribution >= 0.6 is 0 Å². The SMILES string of the molecule is CC(C)CC(C(=O)c1ccccc1)n1ccnc1. The molecule has 3 heteroatoms. The molecule has 3 nitrogen and oxygen atoms in total. The van der Waals surface area contributed by atoms with Gasteiger partial charge >= 0.3 is 0 Å². The van der Waals surface area contributed by atoms with Crippen molar-refractivity contribution in [2.75, 3.05) is 0 Å². The summed E-state index contributed by atoms with van der Waals surface area (Å²) >= 11 is 0. The molecule has 1 aromatic heterocycles. The van der Waals surface area contributed by atoms with Gasteiger partial charge in [0, 0.05) is 18.0 Å². The molecule has 0 amide bonds. The van der Waals surface area contributed by atoms with E-state index in [-0.39, 0.29) is 11.8 Å². The van der Waals surface area contributed by atoms with Crippen LogP contribution < -0.4 is 0 Å². The van der Waals surface area contributed by atoms with Crippen LogP contribution in [0.3, 0.4) is 0 Å². The molecule has 0 spiro atoms. The zero-order chi connectivity index (χ0) is 13.0. The lowest BCUT2D eigenvalue weighted by molar-refractivity contribution is 0.0909. The zero-order valence-corrected chi connectivity index (χ0v) is 10.8. The molecule has 18 heavy (non-hydrogen) atoms. The van der Waals surface area contributed by atoms with Crippen molar-refractivity contribution in [3.8, 4) is 0 Å². The van der Waals surface area contributed by atoms with Crippen molar-refractivity contribution in [3.63, 3.8) is 0 Å². The summed E-state index contributed by atoms with van der Waals surface area (Å²) in [5, 5.41) is 0. The van der Waals surface area contributed by atoms with E-state index in [2.05, 4.69) is 18.8 Å². The van der Waals surface area contributed by atoms with Crippen molar-refractivity contribution in [1.29, 1.82) is 0 Å². The van der Waals surface area contributed by atoms with Gasteiger partial charge in [0.05, 0.1) is 12.4 Å². The molecule has 0 aliphatic carbocycles. The van der Waals surface area contributed by atoms with Gasteiger partial charge in [0.25, 0.3) is 0 Å². The predicted octanol–water partition coefficient (Wildman–Crippen LogP) is 3.35. The summed E-state index contributed by atoms with van der Waals surface area (Å²) in [6.07, 6.45) is 6.11. The number of carbonyl (C=O) groups is 1. The normalized spacial score (nSPS) is 12.6. The second kappa shape index (κ2) is 5.63. The first-order valence-electron chi connectivity index (χ1n) is 6.25. The van der Waals surface area contributed by atoms with E-state index < -0.39 is 0 Å². The lowest BCUT2D eigenvalue weighted by atomic mass is 9.96. The Hall–Kier alpha value is -1.90. The molecule has 2 rings (SSSR count). The Kier molecular flexibility index (Phi) is 3.92. The van der Waals surface area contributed by atoms with Gasteiger partial charge in [-0.15, -0.1) is 0 Å². The topological polar surface area (TPSA) is 34.9 Å². The minimum Gasteiger partial charge on any atom is -0.327 e. The quantitative estimate of drug-likeness (QED) is 0.754. The van der Waals surface area contributed by atoms with Gasteiger partial charge in [0.1, 0.15) is 0 Å². The van der Waals surface area contributed by atoms with Crippen molar-refractivity contribution < 1.29 is 4.79 Å². The highest BCUT2D eigenvalue weighted by atomic mass is 16.1. The molecule has 1 unspecified atom stereocenters. The van der Waals surface area contributed by atoms with E-state index in [1.165, 1.54) is 0 Å². The highest BCUT2D eigenvalue weighted by Gasteiger charge is 2.22. The van der Waals surface area contributed by atoms with Crippen LogP contribution in [0.25, 0.3) is 0 Å². The van der Waals surface area contributed by atoms with Crippen molar-refractivity contribution in [2.24, 2.45) is 5.92 Å². The van der Waals surface area contributed by atoms with Gasteiger partial charge in [-0.05, 0) is 12.3 Å². The van der Waals surface area contributed by atoms with E-state index in [1.54, 1.807) is 12.5 Å². The fourth-order valence-electron chi connectivity index (χ4n) is 2.06. The molecule has 0 aliphatic rings. The predicted molar refractivity (Wildman–Crippen MR) is 71.5 cm³/mol.